The first-order valence-corrected chi connectivity index (χ1v) is 9.24. The van der Waals surface area contributed by atoms with Crippen LogP contribution >= 0.6 is 0 Å². The first kappa shape index (κ1) is 17.7. The topological polar surface area (TPSA) is 43.9 Å². The second-order valence-corrected chi connectivity index (χ2v) is 6.79. The van der Waals surface area contributed by atoms with Crippen LogP contribution in [0.3, 0.4) is 0 Å². The molecule has 3 rings (SSSR count). The number of hydrogen-bond donors (Lipinski definition) is 0. The number of amides is 2. The smallest absolute Gasteiger partial charge is 0.246 e. The zero-order valence-corrected chi connectivity index (χ0v) is 14.8. The fourth-order valence-electron chi connectivity index (χ4n) is 3.42. The highest BCUT2D eigenvalue weighted by Crippen LogP contribution is 2.10. The Labute approximate surface area is 149 Å². The normalized spacial score (nSPS) is 19.4. The highest BCUT2D eigenvalue weighted by Gasteiger charge is 2.24. The Bertz CT molecular complexity index is 601. The SMILES string of the molecule is O=C(/C=C/c1ccccc1)N1CCN(C(=O)CN2CCCCC2)CC1. The van der Waals surface area contributed by atoms with Crippen LogP contribution in [0.4, 0.5) is 0 Å². The molecule has 2 saturated heterocycles. The summed E-state index contributed by atoms with van der Waals surface area (Å²) in [6.45, 7) is 5.10. The third kappa shape index (κ3) is 5.16. The van der Waals surface area contributed by atoms with Crippen molar-refractivity contribution in [1.82, 2.24) is 14.7 Å². The number of likely N-dealkylation sites (tertiary alicyclic amines) is 1. The van der Waals surface area contributed by atoms with Gasteiger partial charge in [0.1, 0.15) is 0 Å². The number of hydrogen-bond acceptors (Lipinski definition) is 3. The molecule has 2 heterocycles. The van der Waals surface area contributed by atoms with Crippen LogP contribution in [0.5, 0.6) is 0 Å². The minimum Gasteiger partial charge on any atom is -0.338 e. The van der Waals surface area contributed by atoms with Crippen LogP contribution in [0.25, 0.3) is 6.08 Å². The summed E-state index contributed by atoms with van der Waals surface area (Å²) in [5.74, 6) is 0.223. The fraction of sp³-hybridized carbons (Fsp3) is 0.500. The van der Waals surface area contributed by atoms with E-state index in [1.54, 1.807) is 6.08 Å². The van der Waals surface area contributed by atoms with Gasteiger partial charge in [-0.1, -0.05) is 36.8 Å². The van der Waals surface area contributed by atoms with E-state index in [2.05, 4.69) is 4.90 Å². The van der Waals surface area contributed by atoms with Crippen LogP contribution in [-0.4, -0.2) is 72.3 Å². The van der Waals surface area contributed by atoms with Crippen LogP contribution in [0.15, 0.2) is 36.4 Å². The highest BCUT2D eigenvalue weighted by atomic mass is 16.2. The summed E-state index contributed by atoms with van der Waals surface area (Å²) in [6, 6.07) is 9.81. The number of nitrogens with zero attached hydrogens (tertiary/aromatic N) is 3. The van der Waals surface area contributed by atoms with E-state index in [9.17, 15) is 9.59 Å². The third-order valence-corrected chi connectivity index (χ3v) is 4.97. The maximum absolute atomic E-state index is 12.4. The molecule has 134 valence electrons. The highest BCUT2D eigenvalue weighted by molar-refractivity contribution is 5.92. The van der Waals surface area contributed by atoms with Crippen molar-refractivity contribution in [2.75, 3.05) is 45.8 Å². The van der Waals surface area contributed by atoms with Gasteiger partial charge in [0, 0.05) is 32.3 Å². The minimum atomic E-state index is 0.0204. The molecular weight excluding hydrogens is 314 g/mol. The van der Waals surface area contributed by atoms with E-state index in [1.807, 2.05) is 46.2 Å². The molecule has 2 amide bonds. The van der Waals surface area contributed by atoms with E-state index in [-0.39, 0.29) is 11.8 Å². The number of carbonyl (C=O) groups is 2. The lowest BCUT2D eigenvalue weighted by atomic mass is 10.1. The molecule has 5 heteroatoms. The van der Waals surface area contributed by atoms with Gasteiger partial charge in [0.2, 0.25) is 11.8 Å². The molecule has 0 radical (unpaired) electrons. The lowest BCUT2D eigenvalue weighted by Gasteiger charge is -2.36. The molecule has 1 aromatic rings. The van der Waals surface area contributed by atoms with Crippen LogP contribution in [-0.2, 0) is 9.59 Å². The van der Waals surface area contributed by atoms with E-state index in [1.165, 1.54) is 19.3 Å². The summed E-state index contributed by atoms with van der Waals surface area (Å²) < 4.78 is 0. The zero-order chi connectivity index (χ0) is 17.5. The predicted octanol–water partition coefficient (Wildman–Crippen LogP) is 1.86. The Morgan fingerprint density at radius 2 is 1.48 bits per heavy atom. The molecule has 0 unspecified atom stereocenters. The molecule has 1 aromatic carbocycles. The Morgan fingerprint density at radius 1 is 0.840 bits per heavy atom. The Balaban J connectivity index is 1.44. The van der Waals surface area contributed by atoms with Crippen molar-refractivity contribution in [3.8, 4) is 0 Å². The summed E-state index contributed by atoms with van der Waals surface area (Å²) in [4.78, 5) is 30.7. The van der Waals surface area contributed by atoms with Crippen LogP contribution in [0, 0.1) is 0 Å². The quantitative estimate of drug-likeness (QED) is 0.785. The largest absolute Gasteiger partial charge is 0.338 e. The Kier molecular flexibility index (Phi) is 6.23. The van der Waals surface area contributed by atoms with Crippen LogP contribution < -0.4 is 0 Å². The van der Waals surface area contributed by atoms with Gasteiger partial charge in [-0.2, -0.15) is 0 Å². The van der Waals surface area contributed by atoms with Crippen molar-refractivity contribution in [2.45, 2.75) is 19.3 Å². The van der Waals surface area contributed by atoms with Crippen molar-refractivity contribution >= 4 is 17.9 Å². The van der Waals surface area contributed by atoms with Crippen LogP contribution in [0.2, 0.25) is 0 Å². The van der Waals surface area contributed by atoms with Gasteiger partial charge in [0.15, 0.2) is 0 Å². The molecule has 2 aliphatic heterocycles. The third-order valence-electron chi connectivity index (χ3n) is 4.97. The van der Waals surface area contributed by atoms with E-state index in [0.717, 1.165) is 18.7 Å². The number of piperazine rings is 1. The van der Waals surface area contributed by atoms with Crippen molar-refractivity contribution < 1.29 is 9.59 Å². The van der Waals surface area contributed by atoms with E-state index < -0.39 is 0 Å². The standard InChI is InChI=1S/C20H27N3O2/c24-19(10-9-18-7-3-1-4-8-18)22-13-15-23(16-14-22)20(25)17-21-11-5-2-6-12-21/h1,3-4,7-10H,2,5-6,11-17H2/b10-9+. The second-order valence-electron chi connectivity index (χ2n) is 6.79. The fourth-order valence-corrected chi connectivity index (χ4v) is 3.42. The van der Waals surface area contributed by atoms with Crippen molar-refractivity contribution in [2.24, 2.45) is 0 Å². The minimum absolute atomic E-state index is 0.0204. The van der Waals surface area contributed by atoms with E-state index >= 15 is 0 Å². The second kappa shape index (κ2) is 8.81. The molecule has 0 aromatic heterocycles. The zero-order valence-electron chi connectivity index (χ0n) is 14.8. The summed E-state index contributed by atoms with van der Waals surface area (Å²) in [6.07, 6.45) is 7.14. The summed E-state index contributed by atoms with van der Waals surface area (Å²) in [5, 5.41) is 0. The maximum Gasteiger partial charge on any atom is 0.246 e. The van der Waals surface area contributed by atoms with Gasteiger partial charge in [0.25, 0.3) is 0 Å². The average Bonchev–Trinajstić information content (AvgIpc) is 2.68. The van der Waals surface area contributed by atoms with Gasteiger partial charge in [-0.3, -0.25) is 14.5 Å². The predicted molar refractivity (Wildman–Crippen MR) is 98.9 cm³/mol. The number of benzene rings is 1. The van der Waals surface area contributed by atoms with Gasteiger partial charge in [-0.15, -0.1) is 0 Å². The lowest BCUT2D eigenvalue weighted by molar-refractivity contribution is -0.138. The molecule has 2 aliphatic rings. The van der Waals surface area contributed by atoms with Gasteiger partial charge in [-0.05, 0) is 37.6 Å². The number of carbonyl (C=O) groups excluding carboxylic acids is 2. The molecule has 0 bridgehead atoms. The van der Waals surface area contributed by atoms with Crippen molar-refractivity contribution in [3.63, 3.8) is 0 Å². The maximum atomic E-state index is 12.4. The molecule has 0 saturated carbocycles. The van der Waals surface area contributed by atoms with Gasteiger partial charge in [-0.25, -0.2) is 0 Å². The molecule has 0 N–H and O–H groups in total. The molecular formula is C20H27N3O2. The summed E-state index contributed by atoms with van der Waals surface area (Å²) >= 11 is 0. The van der Waals surface area contributed by atoms with Crippen molar-refractivity contribution in [1.29, 1.82) is 0 Å². The first-order chi connectivity index (χ1) is 12.2. The summed E-state index contributed by atoms with van der Waals surface area (Å²) in [7, 11) is 0. The Morgan fingerprint density at radius 3 is 2.16 bits per heavy atom. The van der Waals surface area contributed by atoms with Crippen LogP contribution in [0.1, 0.15) is 24.8 Å². The van der Waals surface area contributed by atoms with Crippen molar-refractivity contribution in [3.05, 3.63) is 42.0 Å². The molecule has 2 fully saturated rings. The molecule has 5 nitrogen and oxygen atoms in total. The van der Waals surface area contributed by atoms with Gasteiger partial charge < -0.3 is 9.80 Å². The lowest BCUT2D eigenvalue weighted by Crippen LogP contribution is -2.52. The molecule has 0 spiro atoms. The first-order valence-electron chi connectivity index (χ1n) is 9.24. The summed E-state index contributed by atoms with van der Waals surface area (Å²) in [5.41, 5.74) is 1.02. The molecule has 25 heavy (non-hydrogen) atoms. The molecule has 0 aliphatic carbocycles. The van der Waals surface area contributed by atoms with E-state index in [4.69, 9.17) is 0 Å². The number of rotatable bonds is 4. The average molecular weight is 341 g/mol. The van der Waals surface area contributed by atoms with E-state index in [0.29, 0.717) is 32.7 Å². The number of piperidine rings is 1. The molecule has 0 atom stereocenters. The monoisotopic (exact) mass is 341 g/mol. The Hall–Kier alpha value is -2.14. The van der Waals surface area contributed by atoms with Gasteiger partial charge in [0.05, 0.1) is 6.54 Å². The van der Waals surface area contributed by atoms with Gasteiger partial charge >= 0.3 is 0 Å².